The maximum atomic E-state index is 13.9. The standard InChI is InChI=1S/C14H12FN3O3/c1-8(19)17-9-3-2-4-10(7-9)18-13-12(15)11(14(20)21)5-6-16-13/h2-7H,1H3,(H,16,18)(H,17,19)(H,20,21). The van der Waals surface area contributed by atoms with Crippen molar-refractivity contribution in [2.45, 2.75) is 6.92 Å². The number of halogens is 1. The summed E-state index contributed by atoms with van der Waals surface area (Å²) in [6, 6.07) is 7.63. The zero-order valence-electron chi connectivity index (χ0n) is 11.1. The number of carboxylic acids is 1. The summed E-state index contributed by atoms with van der Waals surface area (Å²) < 4.78 is 13.9. The molecule has 0 radical (unpaired) electrons. The van der Waals surface area contributed by atoms with Crippen LogP contribution in [0, 0.1) is 5.82 Å². The van der Waals surface area contributed by atoms with Gasteiger partial charge in [0.1, 0.15) is 5.56 Å². The van der Waals surface area contributed by atoms with Crippen LogP contribution in [-0.2, 0) is 4.79 Å². The van der Waals surface area contributed by atoms with Gasteiger partial charge in [-0.05, 0) is 24.3 Å². The minimum absolute atomic E-state index is 0.199. The lowest BCUT2D eigenvalue weighted by Crippen LogP contribution is -2.07. The number of rotatable bonds is 4. The average molecular weight is 289 g/mol. The van der Waals surface area contributed by atoms with Crippen LogP contribution in [-0.4, -0.2) is 22.0 Å². The molecule has 0 atom stereocenters. The van der Waals surface area contributed by atoms with E-state index in [1.165, 1.54) is 13.1 Å². The summed E-state index contributed by atoms with van der Waals surface area (Å²) in [6.07, 6.45) is 1.20. The van der Waals surface area contributed by atoms with Gasteiger partial charge in [0, 0.05) is 24.5 Å². The van der Waals surface area contributed by atoms with E-state index in [0.29, 0.717) is 11.4 Å². The number of amides is 1. The van der Waals surface area contributed by atoms with Crippen LogP contribution in [0.25, 0.3) is 0 Å². The number of hydrogen-bond acceptors (Lipinski definition) is 4. The predicted molar refractivity (Wildman–Crippen MR) is 75.2 cm³/mol. The molecule has 2 aromatic rings. The van der Waals surface area contributed by atoms with Crippen molar-refractivity contribution in [1.29, 1.82) is 0 Å². The molecule has 1 aromatic heterocycles. The highest BCUT2D eigenvalue weighted by Gasteiger charge is 2.15. The summed E-state index contributed by atoms with van der Waals surface area (Å²) in [5.74, 6) is -2.75. The van der Waals surface area contributed by atoms with Crippen molar-refractivity contribution in [2.24, 2.45) is 0 Å². The lowest BCUT2D eigenvalue weighted by Gasteiger charge is -2.09. The lowest BCUT2D eigenvalue weighted by atomic mass is 10.2. The molecule has 6 nitrogen and oxygen atoms in total. The van der Waals surface area contributed by atoms with Crippen molar-refractivity contribution in [3.05, 3.63) is 47.9 Å². The maximum Gasteiger partial charge on any atom is 0.338 e. The quantitative estimate of drug-likeness (QED) is 0.804. The van der Waals surface area contributed by atoms with Gasteiger partial charge >= 0.3 is 5.97 Å². The first-order valence-corrected chi connectivity index (χ1v) is 6.00. The van der Waals surface area contributed by atoms with Gasteiger partial charge in [-0.15, -0.1) is 0 Å². The first-order valence-electron chi connectivity index (χ1n) is 6.00. The predicted octanol–water partition coefficient (Wildman–Crippen LogP) is 2.62. The number of hydrogen-bond donors (Lipinski definition) is 3. The van der Waals surface area contributed by atoms with E-state index >= 15 is 0 Å². The number of carbonyl (C=O) groups excluding carboxylic acids is 1. The molecule has 0 aliphatic heterocycles. The second kappa shape index (κ2) is 6.00. The van der Waals surface area contributed by atoms with Crippen LogP contribution in [0.2, 0.25) is 0 Å². The van der Waals surface area contributed by atoms with Crippen LogP contribution >= 0.6 is 0 Å². The molecule has 0 bridgehead atoms. The zero-order valence-corrected chi connectivity index (χ0v) is 11.1. The highest BCUT2D eigenvalue weighted by Crippen LogP contribution is 2.22. The van der Waals surface area contributed by atoms with Gasteiger partial charge in [0.05, 0.1) is 0 Å². The number of aromatic carboxylic acids is 1. The number of benzene rings is 1. The Bertz CT molecular complexity index is 704. The molecule has 0 unspecified atom stereocenters. The molecule has 0 aliphatic carbocycles. The molecule has 3 N–H and O–H groups in total. The van der Waals surface area contributed by atoms with Crippen molar-refractivity contribution < 1.29 is 19.1 Å². The van der Waals surface area contributed by atoms with Gasteiger partial charge in [-0.25, -0.2) is 14.2 Å². The Hall–Kier alpha value is -2.96. The Labute approximate surface area is 119 Å². The fourth-order valence-corrected chi connectivity index (χ4v) is 1.71. The molecule has 1 aromatic carbocycles. The van der Waals surface area contributed by atoms with E-state index in [0.717, 1.165) is 6.07 Å². The topological polar surface area (TPSA) is 91.3 Å². The Balaban J connectivity index is 2.28. The number of anilines is 3. The van der Waals surface area contributed by atoms with Gasteiger partial charge in [0.2, 0.25) is 5.91 Å². The van der Waals surface area contributed by atoms with Crippen LogP contribution in [0.3, 0.4) is 0 Å². The summed E-state index contributed by atoms with van der Waals surface area (Å²) in [7, 11) is 0. The molecule has 7 heteroatoms. The maximum absolute atomic E-state index is 13.9. The third-order valence-electron chi connectivity index (χ3n) is 2.57. The summed E-state index contributed by atoms with van der Waals surface area (Å²) >= 11 is 0. The zero-order chi connectivity index (χ0) is 15.4. The number of nitrogens with one attached hydrogen (secondary N) is 2. The molecule has 108 valence electrons. The first-order chi connectivity index (χ1) is 9.97. The fraction of sp³-hybridized carbons (Fsp3) is 0.0714. The van der Waals surface area contributed by atoms with Gasteiger partial charge in [-0.3, -0.25) is 4.79 Å². The second-order valence-electron chi connectivity index (χ2n) is 4.21. The Morgan fingerprint density at radius 1 is 1.24 bits per heavy atom. The number of carboxylic acid groups (broad SMARTS) is 1. The Morgan fingerprint density at radius 3 is 2.62 bits per heavy atom. The van der Waals surface area contributed by atoms with E-state index in [1.54, 1.807) is 24.3 Å². The Kier molecular flexibility index (Phi) is 4.13. The minimum atomic E-state index is -1.37. The molecule has 0 saturated carbocycles. The minimum Gasteiger partial charge on any atom is -0.478 e. The van der Waals surface area contributed by atoms with Crippen molar-refractivity contribution in [1.82, 2.24) is 4.98 Å². The summed E-state index contributed by atoms with van der Waals surface area (Å²) in [5, 5.41) is 14.1. The van der Waals surface area contributed by atoms with Gasteiger partial charge in [0.15, 0.2) is 11.6 Å². The van der Waals surface area contributed by atoms with Gasteiger partial charge in [-0.2, -0.15) is 0 Å². The number of pyridine rings is 1. The summed E-state index contributed by atoms with van der Waals surface area (Å²) in [5.41, 5.74) is 0.531. The third kappa shape index (κ3) is 3.53. The van der Waals surface area contributed by atoms with E-state index < -0.39 is 17.3 Å². The van der Waals surface area contributed by atoms with E-state index in [4.69, 9.17) is 5.11 Å². The van der Waals surface area contributed by atoms with Crippen LogP contribution in [0.1, 0.15) is 17.3 Å². The van der Waals surface area contributed by atoms with Crippen LogP contribution < -0.4 is 10.6 Å². The van der Waals surface area contributed by atoms with E-state index in [2.05, 4.69) is 15.6 Å². The molecule has 1 heterocycles. The van der Waals surface area contributed by atoms with E-state index in [9.17, 15) is 14.0 Å². The van der Waals surface area contributed by atoms with Crippen molar-refractivity contribution in [3.8, 4) is 0 Å². The normalized spacial score (nSPS) is 10.0. The van der Waals surface area contributed by atoms with Crippen LogP contribution in [0.5, 0.6) is 0 Å². The van der Waals surface area contributed by atoms with Gasteiger partial charge in [0.25, 0.3) is 0 Å². The van der Waals surface area contributed by atoms with Crippen LogP contribution in [0.15, 0.2) is 36.5 Å². The number of carbonyl (C=O) groups is 2. The van der Waals surface area contributed by atoms with Gasteiger partial charge in [-0.1, -0.05) is 6.07 Å². The summed E-state index contributed by atoms with van der Waals surface area (Å²) in [4.78, 5) is 25.6. The van der Waals surface area contributed by atoms with E-state index in [1.807, 2.05) is 0 Å². The fourth-order valence-electron chi connectivity index (χ4n) is 1.71. The highest BCUT2D eigenvalue weighted by molar-refractivity contribution is 5.90. The van der Waals surface area contributed by atoms with E-state index in [-0.39, 0.29) is 11.7 Å². The second-order valence-corrected chi connectivity index (χ2v) is 4.21. The SMILES string of the molecule is CC(=O)Nc1cccc(Nc2nccc(C(=O)O)c2F)c1. The van der Waals surface area contributed by atoms with Crippen molar-refractivity contribution in [2.75, 3.05) is 10.6 Å². The number of aromatic nitrogens is 1. The first kappa shape index (κ1) is 14.4. The largest absolute Gasteiger partial charge is 0.478 e. The average Bonchev–Trinajstić information content (AvgIpc) is 2.40. The Morgan fingerprint density at radius 2 is 1.95 bits per heavy atom. The summed E-state index contributed by atoms with van der Waals surface area (Å²) in [6.45, 7) is 1.37. The highest BCUT2D eigenvalue weighted by atomic mass is 19.1. The number of nitrogens with zero attached hydrogens (tertiary/aromatic N) is 1. The van der Waals surface area contributed by atoms with Gasteiger partial charge < -0.3 is 15.7 Å². The lowest BCUT2D eigenvalue weighted by molar-refractivity contribution is -0.114. The molecule has 0 spiro atoms. The molecule has 0 fully saturated rings. The molecule has 2 rings (SSSR count). The third-order valence-corrected chi connectivity index (χ3v) is 2.57. The molecular weight excluding hydrogens is 277 g/mol. The smallest absolute Gasteiger partial charge is 0.338 e. The van der Waals surface area contributed by atoms with Crippen LogP contribution in [0.4, 0.5) is 21.6 Å². The van der Waals surface area contributed by atoms with Crippen molar-refractivity contribution >= 4 is 29.1 Å². The molecule has 0 aliphatic rings. The monoisotopic (exact) mass is 289 g/mol. The molecule has 21 heavy (non-hydrogen) atoms. The molecular formula is C14H12FN3O3. The van der Waals surface area contributed by atoms with Crippen molar-refractivity contribution in [3.63, 3.8) is 0 Å². The molecule has 1 amide bonds. The molecule has 0 saturated heterocycles.